The molecule has 5 nitrogen and oxygen atoms in total. The average Bonchev–Trinajstić information content (AvgIpc) is 2.86. The topological polar surface area (TPSA) is 78.6 Å². The number of likely N-dealkylation sites (N-methyl/N-ethyl adjacent to an activating group) is 1. The van der Waals surface area contributed by atoms with Gasteiger partial charge < -0.3 is 16.2 Å². The number of aliphatic hydroxyl groups is 1. The molecule has 1 aliphatic rings. The fourth-order valence-electron chi connectivity index (χ4n) is 2.84. The van der Waals surface area contributed by atoms with Gasteiger partial charge in [-0.2, -0.15) is 0 Å². The third-order valence-corrected chi connectivity index (χ3v) is 4.34. The van der Waals surface area contributed by atoms with Crippen LogP contribution in [0.4, 0.5) is 11.4 Å². The predicted molar refractivity (Wildman–Crippen MR) is 85.0 cm³/mol. The molecule has 1 aromatic rings. The van der Waals surface area contributed by atoms with Gasteiger partial charge in [-0.1, -0.05) is 25.0 Å². The van der Waals surface area contributed by atoms with Crippen LogP contribution in [0.5, 0.6) is 0 Å². The van der Waals surface area contributed by atoms with Gasteiger partial charge in [-0.25, -0.2) is 0 Å². The van der Waals surface area contributed by atoms with Crippen molar-refractivity contribution in [2.24, 2.45) is 0 Å². The quantitative estimate of drug-likeness (QED) is 0.723. The molecule has 1 amide bonds. The monoisotopic (exact) mass is 291 g/mol. The first kappa shape index (κ1) is 15.8. The van der Waals surface area contributed by atoms with Crippen LogP contribution in [0.2, 0.25) is 0 Å². The number of benzene rings is 1. The zero-order chi connectivity index (χ0) is 15.5. The summed E-state index contributed by atoms with van der Waals surface area (Å²) in [6.45, 7) is 2.36. The first-order valence-electron chi connectivity index (χ1n) is 7.49. The van der Waals surface area contributed by atoms with Gasteiger partial charge in [-0.05, 0) is 38.9 Å². The van der Waals surface area contributed by atoms with Crippen molar-refractivity contribution < 1.29 is 9.90 Å². The van der Waals surface area contributed by atoms with E-state index < -0.39 is 5.60 Å². The zero-order valence-corrected chi connectivity index (χ0v) is 12.8. The number of nitrogen functional groups attached to an aromatic ring is 1. The summed E-state index contributed by atoms with van der Waals surface area (Å²) in [6, 6.07) is 6.88. The number of hydrogen-bond acceptors (Lipinski definition) is 4. The molecule has 1 saturated carbocycles. The van der Waals surface area contributed by atoms with Crippen LogP contribution >= 0.6 is 0 Å². The standard InChI is InChI=1S/C16H25N3O2/c1-12(19(2)11-16(21)9-5-6-10-16)15(20)18-14-8-4-3-7-13(14)17/h3-4,7-8,12,21H,5-6,9-11,17H2,1-2H3,(H,18,20). The van der Waals surface area contributed by atoms with Gasteiger partial charge in [0.2, 0.25) is 5.91 Å². The van der Waals surface area contributed by atoms with Gasteiger partial charge in [0.1, 0.15) is 0 Å². The molecule has 0 aliphatic heterocycles. The van der Waals surface area contributed by atoms with E-state index in [1.165, 1.54) is 0 Å². The first-order valence-corrected chi connectivity index (χ1v) is 7.49. The molecule has 1 atom stereocenters. The van der Waals surface area contributed by atoms with E-state index in [1.54, 1.807) is 12.1 Å². The molecule has 0 heterocycles. The second-order valence-electron chi connectivity index (χ2n) is 6.10. The van der Waals surface area contributed by atoms with Crippen LogP contribution in [0.25, 0.3) is 0 Å². The molecule has 0 bridgehead atoms. The molecular weight excluding hydrogens is 266 g/mol. The highest BCUT2D eigenvalue weighted by atomic mass is 16.3. The van der Waals surface area contributed by atoms with Gasteiger partial charge >= 0.3 is 0 Å². The lowest BCUT2D eigenvalue weighted by Gasteiger charge is -2.32. The number of amides is 1. The Hall–Kier alpha value is -1.59. The Bertz CT molecular complexity index is 498. The van der Waals surface area contributed by atoms with Crippen molar-refractivity contribution in [2.45, 2.75) is 44.2 Å². The second-order valence-corrected chi connectivity index (χ2v) is 6.10. The van der Waals surface area contributed by atoms with Crippen LogP contribution < -0.4 is 11.1 Å². The number of para-hydroxylation sites is 2. The van der Waals surface area contributed by atoms with Crippen molar-refractivity contribution in [1.82, 2.24) is 4.90 Å². The summed E-state index contributed by atoms with van der Waals surface area (Å²) in [5.41, 5.74) is 6.36. The predicted octanol–water partition coefficient (Wildman–Crippen LogP) is 1.83. The van der Waals surface area contributed by atoms with Gasteiger partial charge in [0, 0.05) is 6.54 Å². The summed E-state index contributed by atoms with van der Waals surface area (Å²) in [7, 11) is 1.87. The number of hydrogen-bond donors (Lipinski definition) is 3. The molecule has 1 aliphatic carbocycles. The molecule has 1 aromatic carbocycles. The third kappa shape index (κ3) is 3.95. The van der Waals surface area contributed by atoms with E-state index >= 15 is 0 Å². The molecular formula is C16H25N3O2. The van der Waals surface area contributed by atoms with Gasteiger partial charge in [0.25, 0.3) is 0 Å². The second kappa shape index (κ2) is 6.45. The summed E-state index contributed by atoms with van der Waals surface area (Å²) in [5, 5.41) is 13.3. The average molecular weight is 291 g/mol. The minimum atomic E-state index is -0.644. The highest BCUT2D eigenvalue weighted by molar-refractivity contribution is 5.97. The first-order chi connectivity index (χ1) is 9.91. The maximum atomic E-state index is 12.3. The SMILES string of the molecule is CC(C(=O)Nc1ccccc1N)N(C)CC1(O)CCCC1. The van der Waals surface area contributed by atoms with E-state index in [0.29, 0.717) is 17.9 Å². The number of rotatable bonds is 5. The molecule has 0 saturated heterocycles. The largest absolute Gasteiger partial charge is 0.397 e. The maximum absolute atomic E-state index is 12.3. The Morgan fingerprint density at radius 2 is 2.05 bits per heavy atom. The smallest absolute Gasteiger partial charge is 0.241 e. The van der Waals surface area contributed by atoms with Crippen LogP contribution in [0.1, 0.15) is 32.6 Å². The number of nitrogens with one attached hydrogen (secondary N) is 1. The molecule has 21 heavy (non-hydrogen) atoms. The van der Waals surface area contributed by atoms with Crippen LogP contribution in [0, 0.1) is 0 Å². The lowest BCUT2D eigenvalue weighted by molar-refractivity contribution is -0.121. The lowest BCUT2D eigenvalue weighted by Crippen LogP contribution is -2.47. The van der Waals surface area contributed by atoms with Crippen LogP contribution in [-0.2, 0) is 4.79 Å². The Balaban J connectivity index is 1.94. The van der Waals surface area contributed by atoms with Crippen LogP contribution in [0.3, 0.4) is 0 Å². The van der Waals surface area contributed by atoms with E-state index in [1.807, 2.05) is 31.0 Å². The normalized spacial score (nSPS) is 18.7. The third-order valence-electron chi connectivity index (χ3n) is 4.34. The highest BCUT2D eigenvalue weighted by Crippen LogP contribution is 2.30. The fourth-order valence-corrected chi connectivity index (χ4v) is 2.84. The molecule has 0 radical (unpaired) electrons. The Morgan fingerprint density at radius 3 is 2.67 bits per heavy atom. The number of anilines is 2. The molecule has 2 rings (SSSR count). The molecule has 5 heteroatoms. The van der Waals surface area contributed by atoms with Crippen molar-refractivity contribution in [3.05, 3.63) is 24.3 Å². The Kier molecular flexibility index (Phi) is 4.85. The van der Waals surface area contributed by atoms with E-state index in [2.05, 4.69) is 5.32 Å². The molecule has 116 valence electrons. The molecule has 0 aromatic heterocycles. The highest BCUT2D eigenvalue weighted by Gasteiger charge is 2.34. The van der Waals surface area contributed by atoms with Crippen molar-refractivity contribution in [3.63, 3.8) is 0 Å². The van der Waals surface area contributed by atoms with Crippen molar-refractivity contribution in [3.8, 4) is 0 Å². The fraction of sp³-hybridized carbons (Fsp3) is 0.562. The van der Waals surface area contributed by atoms with Gasteiger partial charge in [0.15, 0.2) is 0 Å². The summed E-state index contributed by atoms with van der Waals surface area (Å²) in [5.74, 6) is -0.114. The van der Waals surface area contributed by atoms with Crippen LogP contribution in [0.15, 0.2) is 24.3 Å². The maximum Gasteiger partial charge on any atom is 0.241 e. The Morgan fingerprint density at radius 1 is 1.43 bits per heavy atom. The van der Waals surface area contributed by atoms with E-state index in [0.717, 1.165) is 25.7 Å². The number of carbonyl (C=O) groups excluding carboxylic acids is 1. The molecule has 4 N–H and O–H groups in total. The van der Waals surface area contributed by atoms with E-state index in [-0.39, 0.29) is 11.9 Å². The van der Waals surface area contributed by atoms with Gasteiger partial charge in [-0.3, -0.25) is 9.69 Å². The van der Waals surface area contributed by atoms with Crippen molar-refractivity contribution in [1.29, 1.82) is 0 Å². The zero-order valence-electron chi connectivity index (χ0n) is 12.8. The lowest BCUT2D eigenvalue weighted by atomic mass is 10.0. The summed E-state index contributed by atoms with van der Waals surface area (Å²) in [4.78, 5) is 14.2. The summed E-state index contributed by atoms with van der Waals surface area (Å²) < 4.78 is 0. The molecule has 0 spiro atoms. The van der Waals surface area contributed by atoms with Gasteiger partial charge in [0.05, 0.1) is 23.0 Å². The summed E-state index contributed by atoms with van der Waals surface area (Å²) in [6.07, 6.45) is 3.76. The van der Waals surface area contributed by atoms with Crippen LogP contribution in [-0.4, -0.2) is 41.1 Å². The summed E-state index contributed by atoms with van der Waals surface area (Å²) >= 11 is 0. The minimum absolute atomic E-state index is 0.114. The number of nitrogens with two attached hydrogens (primary N) is 1. The number of carbonyl (C=O) groups is 1. The Labute approximate surface area is 126 Å². The van der Waals surface area contributed by atoms with E-state index in [4.69, 9.17) is 5.73 Å². The molecule has 1 fully saturated rings. The number of nitrogens with zero attached hydrogens (tertiary/aromatic N) is 1. The van der Waals surface area contributed by atoms with E-state index in [9.17, 15) is 9.90 Å². The van der Waals surface area contributed by atoms with Gasteiger partial charge in [-0.15, -0.1) is 0 Å². The minimum Gasteiger partial charge on any atom is -0.397 e. The molecule has 1 unspecified atom stereocenters. The van der Waals surface area contributed by atoms with Crippen molar-refractivity contribution in [2.75, 3.05) is 24.6 Å². The van der Waals surface area contributed by atoms with Crippen molar-refractivity contribution >= 4 is 17.3 Å².